The molecule has 0 radical (unpaired) electrons. The Morgan fingerprint density at radius 1 is 1.08 bits per heavy atom. The highest BCUT2D eigenvalue weighted by molar-refractivity contribution is 7.80. The molecule has 2 heterocycles. The van der Waals surface area contributed by atoms with E-state index in [0.717, 1.165) is 0 Å². The lowest BCUT2D eigenvalue weighted by atomic mass is 10.1. The zero-order valence-electron chi connectivity index (χ0n) is 12.1. The molecule has 0 spiro atoms. The van der Waals surface area contributed by atoms with Crippen LogP contribution >= 0.6 is 12.2 Å². The number of nitrogens with zero attached hydrogens (tertiary/aromatic N) is 2. The van der Waals surface area contributed by atoms with Crippen molar-refractivity contribution in [1.29, 1.82) is 0 Å². The van der Waals surface area contributed by atoms with E-state index in [2.05, 4.69) is 10.6 Å². The van der Waals surface area contributed by atoms with E-state index in [1.165, 1.54) is 18.2 Å². The van der Waals surface area contributed by atoms with Gasteiger partial charge < -0.3 is 4.57 Å². The summed E-state index contributed by atoms with van der Waals surface area (Å²) in [6.45, 7) is 0. The average Bonchev–Trinajstić information content (AvgIpc) is 2.99. The van der Waals surface area contributed by atoms with Gasteiger partial charge in [-0.05, 0) is 42.6 Å². The molecule has 1 aliphatic heterocycles. The van der Waals surface area contributed by atoms with Crippen LogP contribution in [0.5, 0.6) is 0 Å². The molecule has 1 fully saturated rings. The largest absolute Gasteiger partial charge is 0.317 e. The quantitative estimate of drug-likeness (QED) is 0.287. The Morgan fingerprint density at radius 3 is 2.29 bits per heavy atom. The molecule has 2 N–H and O–H groups in total. The van der Waals surface area contributed by atoms with Crippen molar-refractivity contribution in [1.82, 2.24) is 15.2 Å². The van der Waals surface area contributed by atoms with E-state index in [-0.39, 0.29) is 16.4 Å². The van der Waals surface area contributed by atoms with Gasteiger partial charge in [-0.25, -0.2) is 0 Å². The molecule has 1 aromatic heterocycles. The fourth-order valence-electron chi connectivity index (χ4n) is 2.24. The molecule has 0 saturated carbocycles. The van der Waals surface area contributed by atoms with Crippen LogP contribution in [0, 0.1) is 10.1 Å². The summed E-state index contributed by atoms with van der Waals surface area (Å²) in [5, 5.41) is 15.4. The Kier molecular flexibility index (Phi) is 3.92. The fraction of sp³-hybridized carbons (Fsp3) is 0. The predicted octanol–water partition coefficient (Wildman–Crippen LogP) is 1.30. The maximum atomic E-state index is 11.9. The molecule has 120 valence electrons. The van der Waals surface area contributed by atoms with Gasteiger partial charge in [0.15, 0.2) is 5.11 Å². The van der Waals surface area contributed by atoms with Gasteiger partial charge in [0.2, 0.25) is 0 Å². The first kappa shape index (κ1) is 15.6. The first-order chi connectivity index (χ1) is 11.5. The Bertz CT molecular complexity index is 876. The normalized spacial score (nSPS) is 14.2. The van der Waals surface area contributed by atoms with Gasteiger partial charge in [-0.1, -0.05) is 0 Å². The number of carbonyl (C=O) groups is 2. The molecule has 8 nitrogen and oxygen atoms in total. The molecule has 2 amide bonds. The van der Waals surface area contributed by atoms with Crippen LogP contribution in [0.2, 0.25) is 0 Å². The van der Waals surface area contributed by atoms with Gasteiger partial charge in [0.05, 0.1) is 4.92 Å². The molecule has 9 heteroatoms. The van der Waals surface area contributed by atoms with Crippen LogP contribution in [0.3, 0.4) is 0 Å². The maximum Gasteiger partial charge on any atom is 0.269 e. The van der Waals surface area contributed by atoms with Crippen molar-refractivity contribution in [2.24, 2.45) is 0 Å². The number of hydrogen-bond acceptors (Lipinski definition) is 5. The third-order valence-electron chi connectivity index (χ3n) is 3.35. The molecular formula is C15H10N4O4S. The summed E-state index contributed by atoms with van der Waals surface area (Å²) < 4.78 is 1.70. The van der Waals surface area contributed by atoms with Crippen LogP contribution in [0.25, 0.3) is 11.8 Å². The molecule has 24 heavy (non-hydrogen) atoms. The van der Waals surface area contributed by atoms with Gasteiger partial charge in [0, 0.05) is 29.7 Å². The second-order valence-electron chi connectivity index (χ2n) is 4.87. The van der Waals surface area contributed by atoms with Crippen LogP contribution in [0.15, 0.2) is 48.2 Å². The number of benzene rings is 1. The van der Waals surface area contributed by atoms with E-state index in [1.54, 1.807) is 35.0 Å². The maximum absolute atomic E-state index is 11.9. The van der Waals surface area contributed by atoms with Crippen molar-refractivity contribution in [2.75, 3.05) is 0 Å². The highest BCUT2D eigenvalue weighted by Gasteiger charge is 2.26. The number of hydrogen-bond donors (Lipinski definition) is 2. The van der Waals surface area contributed by atoms with Crippen molar-refractivity contribution in [3.63, 3.8) is 0 Å². The van der Waals surface area contributed by atoms with E-state index >= 15 is 0 Å². The summed E-state index contributed by atoms with van der Waals surface area (Å²) in [5.41, 5.74) is 1.12. The summed E-state index contributed by atoms with van der Waals surface area (Å²) in [6, 6.07) is 9.36. The van der Waals surface area contributed by atoms with Crippen molar-refractivity contribution in [3.8, 4) is 5.69 Å². The smallest absolute Gasteiger partial charge is 0.269 e. The topological polar surface area (TPSA) is 106 Å². The highest BCUT2D eigenvalue weighted by Crippen LogP contribution is 2.19. The Morgan fingerprint density at radius 2 is 1.71 bits per heavy atom. The molecule has 0 unspecified atom stereocenters. The van der Waals surface area contributed by atoms with Gasteiger partial charge in [-0.3, -0.25) is 30.3 Å². The summed E-state index contributed by atoms with van der Waals surface area (Å²) in [7, 11) is 0. The lowest BCUT2D eigenvalue weighted by molar-refractivity contribution is -0.384. The third kappa shape index (κ3) is 2.92. The predicted molar refractivity (Wildman–Crippen MR) is 89.3 cm³/mol. The van der Waals surface area contributed by atoms with E-state index < -0.39 is 16.7 Å². The van der Waals surface area contributed by atoms with E-state index in [4.69, 9.17) is 12.2 Å². The number of nitro benzene ring substituents is 1. The zero-order valence-corrected chi connectivity index (χ0v) is 12.9. The number of nitrogens with one attached hydrogen (secondary N) is 2. The van der Waals surface area contributed by atoms with E-state index in [9.17, 15) is 19.7 Å². The van der Waals surface area contributed by atoms with Crippen LogP contribution in [0.4, 0.5) is 5.69 Å². The van der Waals surface area contributed by atoms with Crippen molar-refractivity contribution >= 4 is 40.9 Å². The molecule has 2 aromatic rings. The fourth-order valence-corrected chi connectivity index (χ4v) is 2.42. The lowest BCUT2D eigenvalue weighted by Crippen LogP contribution is -2.51. The summed E-state index contributed by atoms with van der Waals surface area (Å²) >= 11 is 4.74. The number of amides is 2. The second kappa shape index (κ2) is 6.05. The number of aromatic nitrogens is 1. The molecule has 0 atom stereocenters. The van der Waals surface area contributed by atoms with Gasteiger partial charge in [0.25, 0.3) is 17.5 Å². The molecule has 3 rings (SSSR count). The van der Waals surface area contributed by atoms with Gasteiger partial charge in [0.1, 0.15) is 5.57 Å². The van der Waals surface area contributed by atoms with Crippen LogP contribution in [-0.4, -0.2) is 26.4 Å². The standard InChI is InChI=1S/C15H10N4O4S/c20-13-12(14(21)17-15(24)16-13)8-11-2-1-7-18(11)9-3-5-10(6-4-9)19(22)23/h1-8H,(H2,16,17,20,21,24). The van der Waals surface area contributed by atoms with Gasteiger partial charge in [-0.2, -0.15) is 0 Å². The van der Waals surface area contributed by atoms with Crippen LogP contribution in [0.1, 0.15) is 5.69 Å². The van der Waals surface area contributed by atoms with Gasteiger partial charge in [-0.15, -0.1) is 0 Å². The number of nitro groups is 1. The number of thiocarbonyl (C=S) groups is 1. The summed E-state index contributed by atoms with van der Waals surface area (Å²) in [5.74, 6) is -1.17. The van der Waals surface area contributed by atoms with Crippen molar-refractivity contribution in [2.45, 2.75) is 0 Å². The molecular weight excluding hydrogens is 332 g/mol. The third-order valence-corrected chi connectivity index (χ3v) is 3.56. The van der Waals surface area contributed by atoms with Crippen LogP contribution < -0.4 is 10.6 Å². The molecule has 1 saturated heterocycles. The van der Waals surface area contributed by atoms with E-state index in [0.29, 0.717) is 11.4 Å². The zero-order chi connectivity index (χ0) is 17.3. The summed E-state index contributed by atoms with van der Waals surface area (Å²) in [4.78, 5) is 34.0. The minimum Gasteiger partial charge on any atom is -0.317 e. The SMILES string of the molecule is O=C1NC(=S)NC(=O)C1=Cc1cccn1-c1ccc([N+](=O)[O-])cc1. The minimum absolute atomic E-state index is 0.0228. The number of rotatable bonds is 3. The molecule has 0 aliphatic carbocycles. The van der Waals surface area contributed by atoms with Crippen molar-refractivity contribution < 1.29 is 14.5 Å². The number of carbonyl (C=O) groups excluding carboxylic acids is 2. The van der Waals surface area contributed by atoms with Crippen molar-refractivity contribution in [3.05, 3.63) is 64.0 Å². The van der Waals surface area contributed by atoms with Gasteiger partial charge >= 0.3 is 0 Å². The Labute approximate surface area is 140 Å². The lowest BCUT2D eigenvalue weighted by Gasteiger charge is -2.16. The first-order valence-corrected chi connectivity index (χ1v) is 7.17. The molecule has 1 aromatic carbocycles. The average molecular weight is 342 g/mol. The van der Waals surface area contributed by atoms with Crippen LogP contribution in [-0.2, 0) is 9.59 Å². The second-order valence-corrected chi connectivity index (χ2v) is 5.28. The minimum atomic E-state index is -0.583. The highest BCUT2D eigenvalue weighted by atomic mass is 32.1. The van der Waals surface area contributed by atoms with E-state index in [1.807, 2.05) is 0 Å². The molecule has 0 bridgehead atoms. The number of non-ortho nitro benzene ring substituents is 1. The monoisotopic (exact) mass is 342 g/mol. The first-order valence-electron chi connectivity index (χ1n) is 6.76. The Balaban J connectivity index is 1.97. The molecule has 1 aliphatic rings. The Hall–Kier alpha value is -3.33. The summed E-state index contributed by atoms with van der Waals surface area (Å²) in [6.07, 6.45) is 3.14.